The lowest BCUT2D eigenvalue weighted by molar-refractivity contribution is -0.135. The first-order valence-corrected chi connectivity index (χ1v) is 12.3. The Morgan fingerprint density at radius 3 is 1.95 bits per heavy atom. The summed E-state index contributed by atoms with van der Waals surface area (Å²) in [7, 11) is 9.06. The maximum Gasteiger partial charge on any atom is 0.312 e. The van der Waals surface area contributed by atoms with Crippen LogP contribution >= 0.6 is 0 Å². The van der Waals surface area contributed by atoms with E-state index in [2.05, 4.69) is 0 Å². The van der Waals surface area contributed by atoms with E-state index < -0.39 is 11.9 Å². The molecule has 0 amide bonds. The first-order valence-electron chi connectivity index (χ1n) is 12.3. The summed E-state index contributed by atoms with van der Waals surface area (Å²) >= 11 is 0. The van der Waals surface area contributed by atoms with E-state index in [0.29, 0.717) is 68.2 Å². The smallest absolute Gasteiger partial charge is 0.312 e. The third kappa shape index (κ3) is 4.21. The molecule has 0 bridgehead atoms. The number of Topliss-reactive ketones (excluding diaryl/α,β-unsaturated/α-hetero) is 1. The van der Waals surface area contributed by atoms with E-state index in [9.17, 15) is 9.59 Å². The lowest BCUT2D eigenvalue weighted by Crippen LogP contribution is -2.22. The monoisotopic (exact) mass is 548 g/mol. The molecular weight excluding hydrogens is 520 g/mol. The van der Waals surface area contributed by atoms with Gasteiger partial charge in [0.1, 0.15) is 11.5 Å². The number of carbonyl (C=O) groups excluding carboxylic acids is 2. The zero-order valence-electron chi connectivity index (χ0n) is 22.9. The van der Waals surface area contributed by atoms with Crippen molar-refractivity contribution in [1.82, 2.24) is 0 Å². The van der Waals surface area contributed by atoms with Crippen molar-refractivity contribution in [3.8, 4) is 46.0 Å². The summed E-state index contributed by atoms with van der Waals surface area (Å²) in [4.78, 5) is 26.2. The van der Waals surface area contributed by atoms with Gasteiger partial charge in [-0.15, -0.1) is 0 Å². The van der Waals surface area contributed by atoms with Crippen molar-refractivity contribution in [1.29, 1.82) is 0 Å². The molecule has 0 saturated carbocycles. The zero-order valence-corrected chi connectivity index (χ0v) is 22.9. The van der Waals surface area contributed by atoms with Gasteiger partial charge in [-0.25, -0.2) is 0 Å². The van der Waals surface area contributed by atoms with Crippen molar-refractivity contribution in [2.45, 2.75) is 12.3 Å². The molecule has 3 aromatic carbocycles. The van der Waals surface area contributed by atoms with Crippen LogP contribution in [0, 0.1) is 0 Å². The molecule has 10 nitrogen and oxygen atoms in total. The van der Waals surface area contributed by atoms with Crippen molar-refractivity contribution in [2.24, 2.45) is 0 Å². The molecule has 0 N–H and O–H groups in total. The molecule has 5 rings (SSSR count). The topological polar surface area (TPSA) is 108 Å². The van der Waals surface area contributed by atoms with Gasteiger partial charge in [0.15, 0.2) is 28.8 Å². The van der Waals surface area contributed by atoms with Crippen molar-refractivity contribution in [2.75, 3.05) is 42.7 Å². The molecule has 2 heterocycles. The van der Waals surface area contributed by atoms with Gasteiger partial charge in [-0.2, -0.15) is 0 Å². The van der Waals surface area contributed by atoms with Crippen LogP contribution in [-0.2, 0) is 4.79 Å². The van der Waals surface area contributed by atoms with E-state index in [-0.39, 0.29) is 18.0 Å². The van der Waals surface area contributed by atoms with Gasteiger partial charge in [0.05, 0.1) is 54.6 Å². The quantitative estimate of drug-likeness (QED) is 0.221. The first kappa shape index (κ1) is 26.7. The van der Waals surface area contributed by atoms with Gasteiger partial charge >= 0.3 is 5.97 Å². The maximum absolute atomic E-state index is 13.5. The Hall–Kier alpha value is -4.86. The van der Waals surface area contributed by atoms with Gasteiger partial charge in [0.25, 0.3) is 0 Å². The van der Waals surface area contributed by atoms with Gasteiger partial charge in [-0.1, -0.05) is 6.07 Å². The molecule has 0 aliphatic carbocycles. The Morgan fingerprint density at radius 2 is 1.32 bits per heavy atom. The number of methoxy groups -OCH3 is 6. The summed E-state index contributed by atoms with van der Waals surface area (Å²) in [5, 5.41) is 0. The average Bonchev–Trinajstić information content (AvgIpc) is 3.29. The first-order chi connectivity index (χ1) is 19.4. The van der Waals surface area contributed by atoms with E-state index >= 15 is 0 Å². The summed E-state index contributed by atoms with van der Waals surface area (Å²) < 4.78 is 44.9. The SMILES string of the molecule is COc1ccc(C=C2Oc3c(ccc4c3C(c3ccc(OC)c(OC)c3OC)CC(=O)O4)C2=O)c(OC)c1OC. The third-order valence-corrected chi connectivity index (χ3v) is 6.91. The molecule has 0 fully saturated rings. The zero-order chi connectivity index (χ0) is 28.6. The largest absolute Gasteiger partial charge is 0.493 e. The number of ketones is 1. The van der Waals surface area contributed by atoms with E-state index in [1.807, 2.05) is 0 Å². The minimum absolute atomic E-state index is 0.00457. The predicted molar refractivity (Wildman–Crippen MR) is 144 cm³/mol. The molecular formula is C30H28O10. The molecule has 0 radical (unpaired) electrons. The summed E-state index contributed by atoms with van der Waals surface area (Å²) in [5.74, 6) is 1.87. The van der Waals surface area contributed by atoms with Crippen molar-refractivity contribution >= 4 is 17.8 Å². The van der Waals surface area contributed by atoms with Crippen LogP contribution in [-0.4, -0.2) is 54.4 Å². The predicted octanol–water partition coefficient (Wildman–Crippen LogP) is 4.80. The molecule has 3 aromatic rings. The van der Waals surface area contributed by atoms with E-state index in [4.69, 9.17) is 37.9 Å². The van der Waals surface area contributed by atoms with E-state index in [1.165, 1.54) is 42.7 Å². The molecule has 1 atom stereocenters. The number of carbonyl (C=O) groups is 2. The molecule has 10 heteroatoms. The van der Waals surface area contributed by atoms with E-state index in [1.54, 1.807) is 42.5 Å². The van der Waals surface area contributed by atoms with Crippen LogP contribution in [0.15, 0.2) is 42.2 Å². The normalized spacial score (nSPS) is 16.4. The van der Waals surface area contributed by atoms with Crippen molar-refractivity contribution < 1.29 is 47.5 Å². The number of allylic oxidation sites excluding steroid dienone is 1. The van der Waals surface area contributed by atoms with E-state index in [0.717, 1.165) is 0 Å². The van der Waals surface area contributed by atoms with Gasteiger partial charge < -0.3 is 37.9 Å². The highest BCUT2D eigenvalue weighted by Crippen LogP contribution is 2.53. The Kier molecular flexibility index (Phi) is 7.17. The summed E-state index contributed by atoms with van der Waals surface area (Å²) in [6, 6.07) is 10.2. The summed E-state index contributed by atoms with van der Waals surface area (Å²) in [6.45, 7) is 0. The van der Waals surface area contributed by atoms with Crippen LogP contribution in [0.3, 0.4) is 0 Å². The van der Waals surface area contributed by atoms with Gasteiger partial charge in [0.2, 0.25) is 17.3 Å². The van der Waals surface area contributed by atoms with Gasteiger partial charge in [-0.3, -0.25) is 9.59 Å². The summed E-state index contributed by atoms with van der Waals surface area (Å²) in [5.41, 5.74) is 2.10. The second kappa shape index (κ2) is 10.7. The van der Waals surface area contributed by atoms with Crippen LogP contribution in [0.4, 0.5) is 0 Å². The standard InChI is InChI=1S/C30H28O10/c1-33-20-10-7-15(26(35-3)29(20)37-5)13-22-25(32)17-9-11-19-24(27(17)40-22)18(14-23(31)39-19)16-8-12-21(34-2)30(38-6)28(16)36-4/h7-13,18H,14H2,1-6H3. The van der Waals surface area contributed by atoms with Crippen molar-refractivity contribution in [3.63, 3.8) is 0 Å². The minimum atomic E-state index is -0.552. The third-order valence-electron chi connectivity index (χ3n) is 6.91. The average molecular weight is 549 g/mol. The van der Waals surface area contributed by atoms with Gasteiger partial charge in [0, 0.05) is 22.6 Å². The second-order valence-corrected chi connectivity index (χ2v) is 8.87. The highest BCUT2D eigenvalue weighted by molar-refractivity contribution is 6.15. The molecule has 2 aliphatic rings. The molecule has 40 heavy (non-hydrogen) atoms. The Balaban J connectivity index is 1.64. The number of hydrogen-bond donors (Lipinski definition) is 0. The van der Waals surface area contributed by atoms with Crippen LogP contribution in [0.1, 0.15) is 39.4 Å². The second-order valence-electron chi connectivity index (χ2n) is 8.87. The molecule has 2 aliphatic heterocycles. The molecule has 208 valence electrons. The highest BCUT2D eigenvalue weighted by Gasteiger charge is 2.40. The molecule has 0 saturated heterocycles. The lowest BCUT2D eigenvalue weighted by Gasteiger charge is -2.28. The number of esters is 1. The number of ether oxygens (including phenoxy) is 8. The molecule has 1 unspecified atom stereocenters. The minimum Gasteiger partial charge on any atom is -0.493 e. The van der Waals surface area contributed by atoms with Gasteiger partial charge in [-0.05, 0) is 36.4 Å². The fourth-order valence-corrected chi connectivity index (χ4v) is 5.15. The fourth-order valence-electron chi connectivity index (χ4n) is 5.15. The maximum atomic E-state index is 13.5. The lowest BCUT2D eigenvalue weighted by atomic mass is 9.84. The molecule has 0 aromatic heterocycles. The van der Waals surface area contributed by atoms with Crippen molar-refractivity contribution in [3.05, 3.63) is 64.4 Å². The number of benzene rings is 3. The molecule has 0 spiro atoms. The summed E-state index contributed by atoms with van der Waals surface area (Å²) in [6.07, 6.45) is 1.58. The number of hydrogen-bond acceptors (Lipinski definition) is 10. The van der Waals surface area contributed by atoms with Crippen LogP contribution in [0.5, 0.6) is 46.0 Å². The number of fused-ring (bicyclic) bond motifs is 3. The highest BCUT2D eigenvalue weighted by atomic mass is 16.5. The fraction of sp³-hybridized carbons (Fsp3) is 0.267. The van der Waals surface area contributed by atoms with Crippen LogP contribution < -0.4 is 37.9 Å². The van der Waals surface area contributed by atoms with Crippen LogP contribution in [0.2, 0.25) is 0 Å². The number of rotatable bonds is 8. The van der Waals surface area contributed by atoms with Crippen LogP contribution in [0.25, 0.3) is 6.08 Å². The Morgan fingerprint density at radius 1 is 0.700 bits per heavy atom. The Bertz CT molecular complexity index is 1540. The Labute approximate surface area is 230 Å².